The quantitative estimate of drug-likeness (QED) is 0.884. The average molecular weight is 380 g/mol. The number of carbonyl (C=O) groups is 2. The van der Waals surface area contributed by atoms with Crippen LogP contribution in [-0.2, 0) is 0 Å². The number of piperidine rings is 1. The van der Waals surface area contributed by atoms with Crippen molar-refractivity contribution >= 4 is 17.5 Å². The lowest BCUT2D eigenvalue weighted by molar-refractivity contribution is 0.0683. The Hall–Kier alpha value is -3.02. The van der Waals surface area contributed by atoms with Gasteiger partial charge in [-0.25, -0.2) is 0 Å². The fourth-order valence-corrected chi connectivity index (χ4v) is 3.67. The van der Waals surface area contributed by atoms with Gasteiger partial charge in [0, 0.05) is 36.0 Å². The molecule has 2 amide bonds. The van der Waals surface area contributed by atoms with Crippen molar-refractivity contribution < 1.29 is 19.1 Å². The van der Waals surface area contributed by atoms with Gasteiger partial charge < -0.3 is 19.7 Å². The van der Waals surface area contributed by atoms with Crippen molar-refractivity contribution in [3.8, 4) is 11.5 Å². The van der Waals surface area contributed by atoms with Crippen LogP contribution in [0.5, 0.6) is 11.5 Å². The van der Waals surface area contributed by atoms with Gasteiger partial charge in [0.15, 0.2) is 11.5 Å². The monoisotopic (exact) mass is 380 g/mol. The molecule has 0 radical (unpaired) electrons. The summed E-state index contributed by atoms with van der Waals surface area (Å²) in [6.07, 6.45) is 2.18. The van der Waals surface area contributed by atoms with Crippen LogP contribution >= 0.6 is 0 Å². The minimum absolute atomic E-state index is 0.0134. The lowest BCUT2D eigenvalue weighted by Crippen LogP contribution is -2.39. The second kappa shape index (κ2) is 7.92. The zero-order chi connectivity index (χ0) is 19.5. The first-order valence-corrected chi connectivity index (χ1v) is 9.70. The molecule has 146 valence electrons. The Morgan fingerprint density at radius 3 is 2.64 bits per heavy atom. The van der Waals surface area contributed by atoms with E-state index in [1.165, 1.54) is 0 Å². The maximum absolute atomic E-state index is 12.8. The van der Waals surface area contributed by atoms with Crippen molar-refractivity contribution in [2.75, 3.05) is 31.6 Å². The van der Waals surface area contributed by atoms with Crippen LogP contribution < -0.4 is 14.8 Å². The highest BCUT2D eigenvalue weighted by molar-refractivity contribution is 6.06. The Kier molecular flexibility index (Phi) is 5.19. The first-order chi connectivity index (χ1) is 13.6. The molecule has 2 aliphatic rings. The van der Waals surface area contributed by atoms with E-state index in [9.17, 15) is 9.59 Å². The molecular formula is C22H24N2O4. The summed E-state index contributed by atoms with van der Waals surface area (Å²) >= 11 is 0. The van der Waals surface area contributed by atoms with Gasteiger partial charge in [0.2, 0.25) is 0 Å². The zero-order valence-electron chi connectivity index (χ0n) is 15.9. The van der Waals surface area contributed by atoms with Gasteiger partial charge in [-0.1, -0.05) is 13.0 Å². The molecule has 1 fully saturated rings. The Bertz CT molecular complexity index is 896. The number of hydrogen-bond acceptors (Lipinski definition) is 4. The fourth-order valence-electron chi connectivity index (χ4n) is 3.67. The minimum Gasteiger partial charge on any atom is -0.486 e. The third kappa shape index (κ3) is 3.96. The Morgan fingerprint density at radius 2 is 1.82 bits per heavy atom. The van der Waals surface area contributed by atoms with Crippen molar-refractivity contribution in [3.63, 3.8) is 0 Å². The predicted octanol–water partition coefficient (Wildman–Crippen LogP) is 3.58. The molecule has 4 rings (SSSR count). The number of likely N-dealkylation sites (tertiary alicyclic amines) is 1. The molecule has 2 aliphatic heterocycles. The van der Waals surface area contributed by atoms with Crippen molar-refractivity contribution in [3.05, 3.63) is 53.6 Å². The number of nitrogens with zero attached hydrogens (tertiary/aromatic N) is 1. The average Bonchev–Trinajstić information content (AvgIpc) is 2.73. The molecule has 0 bridgehead atoms. The van der Waals surface area contributed by atoms with Crippen molar-refractivity contribution in [1.82, 2.24) is 4.90 Å². The topological polar surface area (TPSA) is 67.9 Å². The summed E-state index contributed by atoms with van der Waals surface area (Å²) in [6, 6.07) is 12.2. The van der Waals surface area contributed by atoms with E-state index in [0.29, 0.717) is 47.4 Å². The third-order valence-corrected chi connectivity index (χ3v) is 5.12. The molecule has 2 aromatic rings. The largest absolute Gasteiger partial charge is 0.486 e. The van der Waals surface area contributed by atoms with Gasteiger partial charge in [0.05, 0.1) is 0 Å². The summed E-state index contributed by atoms with van der Waals surface area (Å²) in [5.74, 6) is 1.53. The maximum Gasteiger partial charge on any atom is 0.255 e. The van der Waals surface area contributed by atoms with Gasteiger partial charge in [-0.3, -0.25) is 9.59 Å². The second-order valence-electron chi connectivity index (χ2n) is 7.39. The van der Waals surface area contributed by atoms with Crippen molar-refractivity contribution in [1.29, 1.82) is 0 Å². The molecule has 1 N–H and O–H groups in total. The van der Waals surface area contributed by atoms with Crippen LogP contribution in [0, 0.1) is 5.92 Å². The van der Waals surface area contributed by atoms with Gasteiger partial charge in [0.25, 0.3) is 11.8 Å². The minimum atomic E-state index is -0.265. The molecule has 6 nitrogen and oxygen atoms in total. The zero-order valence-corrected chi connectivity index (χ0v) is 15.9. The van der Waals surface area contributed by atoms with E-state index in [1.807, 2.05) is 4.90 Å². The molecule has 0 aliphatic carbocycles. The smallest absolute Gasteiger partial charge is 0.255 e. The van der Waals surface area contributed by atoms with Gasteiger partial charge >= 0.3 is 0 Å². The van der Waals surface area contributed by atoms with E-state index < -0.39 is 0 Å². The van der Waals surface area contributed by atoms with E-state index in [-0.39, 0.29) is 11.8 Å². The van der Waals surface area contributed by atoms with Crippen LogP contribution in [-0.4, -0.2) is 43.0 Å². The molecule has 1 unspecified atom stereocenters. The number of anilines is 1. The molecule has 1 saturated heterocycles. The van der Waals surface area contributed by atoms with Gasteiger partial charge in [-0.2, -0.15) is 0 Å². The highest BCUT2D eigenvalue weighted by atomic mass is 16.6. The molecule has 0 spiro atoms. The summed E-state index contributed by atoms with van der Waals surface area (Å²) in [4.78, 5) is 27.4. The molecule has 2 aromatic carbocycles. The van der Waals surface area contributed by atoms with E-state index in [2.05, 4.69) is 12.2 Å². The highest BCUT2D eigenvalue weighted by Gasteiger charge is 2.22. The number of rotatable bonds is 3. The van der Waals surface area contributed by atoms with Gasteiger partial charge in [0.1, 0.15) is 13.2 Å². The molecule has 28 heavy (non-hydrogen) atoms. The molecule has 0 aromatic heterocycles. The van der Waals surface area contributed by atoms with Crippen LogP contribution in [0.25, 0.3) is 0 Å². The Labute approximate surface area is 164 Å². The van der Waals surface area contributed by atoms with E-state index in [4.69, 9.17) is 9.47 Å². The van der Waals surface area contributed by atoms with Crippen LogP contribution in [0.3, 0.4) is 0 Å². The SMILES string of the molecule is CC1CCCN(C(=O)c2cccc(C(=O)Nc3ccc4c(c3)OCCO4)c2)C1. The molecule has 0 saturated carbocycles. The third-order valence-electron chi connectivity index (χ3n) is 5.12. The van der Waals surface area contributed by atoms with Gasteiger partial charge in [-0.15, -0.1) is 0 Å². The summed E-state index contributed by atoms with van der Waals surface area (Å²) in [5, 5.41) is 2.86. The maximum atomic E-state index is 12.8. The van der Waals surface area contributed by atoms with Crippen LogP contribution in [0.2, 0.25) is 0 Å². The molecule has 1 atom stereocenters. The summed E-state index contributed by atoms with van der Waals surface area (Å²) < 4.78 is 11.0. The number of ether oxygens (including phenoxy) is 2. The molecule has 6 heteroatoms. The number of amides is 2. The Balaban J connectivity index is 1.48. The number of fused-ring (bicyclic) bond motifs is 1. The number of carbonyl (C=O) groups excluding carboxylic acids is 2. The summed E-state index contributed by atoms with van der Waals surface area (Å²) in [6.45, 7) is 4.72. The van der Waals surface area contributed by atoms with Crippen LogP contribution in [0.1, 0.15) is 40.5 Å². The Morgan fingerprint density at radius 1 is 1.04 bits per heavy atom. The van der Waals surface area contributed by atoms with Crippen molar-refractivity contribution in [2.24, 2.45) is 5.92 Å². The highest BCUT2D eigenvalue weighted by Crippen LogP contribution is 2.32. The molecular weight excluding hydrogens is 356 g/mol. The van der Waals surface area contributed by atoms with Crippen molar-refractivity contribution in [2.45, 2.75) is 19.8 Å². The first kappa shape index (κ1) is 18.3. The van der Waals surface area contributed by atoms with Gasteiger partial charge in [-0.05, 0) is 49.1 Å². The first-order valence-electron chi connectivity index (χ1n) is 9.70. The van der Waals surface area contributed by atoms with Crippen LogP contribution in [0.15, 0.2) is 42.5 Å². The second-order valence-corrected chi connectivity index (χ2v) is 7.39. The predicted molar refractivity (Wildman–Crippen MR) is 106 cm³/mol. The summed E-state index contributed by atoms with van der Waals surface area (Å²) in [5.41, 5.74) is 1.62. The summed E-state index contributed by atoms with van der Waals surface area (Å²) in [7, 11) is 0. The number of nitrogens with one attached hydrogen (secondary N) is 1. The lowest BCUT2D eigenvalue weighted by atomic mass is 9.99. The number of hydrogen-bond donors (Lipinski definition) is 1. The van der Waals surface area contributed by atoms with E-state index >= 15 is 0 Å². The van der Waals surface area contributed by atoms with E-state index in [1.54, 1.807) is 42.5 Å². The lowest BCUT2D eigenvalue weighted by Gasteiger charge is -2.31. The fraction of sp³-hybridized carbons (Fsp3) is 0.364. The normalized spacial score (nSPS) is 18.5. The van der Waals surface area contributed by atoms with Crippen LogP contribution in [0.4, 0.5) is 5.69 Å². The number of benzene rings is 2. The molecule has 2 heterocycles. The van der Waals surface area contributed by atoms with E-state index in [0.717, 1.165) is 25.9 Å². The standard InChI is InChI=1S/C22H24N2O4/c1-15-4-3-9-24(14-15)22(26)17-6-2-5-16(12-17)21(25)23-18-7-8-19-20(13-18)28-11-10-27-19/h2,5-8,12-13,15H,3-4,9-11,14H2,1H3,(H,23,25).